The summed E-state index contributed by atoms with van der Waals surface area (Å²) >= 11 is 0.935. The van der Waals surface area contributed by atoms with Crippen LogP contribution in [0.25, 0.3) is 0 Å². The number of hydrogen-bond acceptors (Lipinski definition) is 5. The van der Waals surface area contributed by atoms with Crippen LogP contribution in [0.2, 0.25) is 0 Å². The van der Waals surface area contributed by atoms with Crippen molar-refractivity contribution in [3.63, 3.8) is 0 Å². The van der Waals surface area contributed by atoms with Crippen LogP contribution < -0.4 is 10.1 Å². The molecule has 1 N–H and O–H groups in total. The number of hydrogen-bond donors (Lipinski definition) is 1. The van der Waals surface area contributed by atoms with Crippen LogP contribution in [0.4, 0.5) is 18.9 Å². The Balaban J connectivity index is 1.80. The molecule has 0 bridgehead atoms. The van der Waals surface area contributed by atoms with Crippen molar-refractivity contribution < 1.29 is 32.2 Å². The molecule has 0 aliphatic carbocycles. The Kier molecular flexibility index (Phi) is 7.34. The number of benzene rings is 2. The molecule has 9 heteroatoms. The van der Waals surface area contributed by atoms with E-state index in [9.17, 15) is 22.8 Å². The van der Waals surface area contributed by atoms with E-state index >= 15 is 0 Å². The van der Waals surface area contributed by atoms with Gasteiger partial charge in [-0.05, 0) is 24.3 Å². The highest BCUT2D eigenvalue weighted by Gasteiger charge is 2.13. The monoisotopic (exact) mass is 385 g/mol. The second-order valence-corrected chi connectivity index (χ2v) is 5.82. The highest BCUT2D eigenvalue weighted by molar-refractivity contribution is 8.00. The lowest BCUT2D eigenvalue weighted by atomic mass is 10.3. The van der Waals surface area contributed by atoms with Gasteiger partial charge in [-0.25, -0.2) is 4.39 Å². The maximum atomic E-state index is 13.4. The molecular weight excluding hydrogens is 371 g/mol. The third kappa shape index (κ3) is 6.32. The molecule has 26 heavy (non-hydrogen) atoms. The molecule has 0 unspecified atom stereocenters. The van der Waals surface area contributed by atoms with Crippen LogP contribution in [0.1, 0.15) is 0 Å². The van der Waals surface area contributed by atoms with E-state index in [0.717, 1.165) is 11.8 Å². The minimum atomic E-state index is -3.04. The van der Waals surface area contributed by atoms with Crippen LogP contribution in [-0.2, 0) is 14.3 Å². The first-order valence-electron chi connectivity index (χ1n) is 7.32. The van der Waals surface area contributed by atoms with Crippen molar-refractivity contribution in [1.29, 1.82) is 0 Å². The van der Waals surface area contributed by atoms with Gasteiger partial charge in [-0.3, -0.25) is 9.59 Å². The van der Waals surface area contributed by atoms with E-state index in [1.54, 1.807) is 6.07 Å². The number of esters is 1. The van der Waals surface area contributed by atoms with E-state index in [1.165, 1.54) is 42.5 Å². The summed E-state index contributed by atoms with van der Waals surface area (Å²) in [5.74, 6) is -2.29. The summed E-state index contributed by atoms with van der Waals surface area (Å²) in [5, 5.41) is 2.31. The lowest BCUT2D eigenvalue weighted by molar-refractivity contribution is -0.144. The Morgan fingerprint density at radius 2 is 1.77 bits per heavy atom. The third-order valence-corrected chi connectivity index (χ3v) is 3.95. The molecule has 0 heterocycles. The Morgan fingerprint density at radius 3 is 2.50 bits per heavy atom. The van der Waals surface area contributed by atoms with Crippen molar-refractivity contribution >= 4 is 29.3 Å². The fraction of sp³-hybridized carbons (Fsp3) is 0.176. The summed E-state index contributed by atoms with van der Waals surface area (Å²) in [6.07, 6.45) is 0. The van der Waals surface area contributed by atoms with Crippen LogP contribution in [0.5, 0.6) is 5.75 Å². The SMILES string of the molecule is O=C(COC(=O)CSc1ccccc1F)Nc1ccccc1OC(F)F. The number of para-hydroxylation sites is 2. The number of carbonyl (C=O) groups is 2. The number of carbonyl (C=O) groups excluding carboxylic acids is 2. The van der Waals surface area contributed by atoms with Crippen LogP contribution in [0.3, 0.4) is 0 Å². The van der Waals surface area contributed by atoms with Gasteiger partial charge in [0.2, 0.25) is 0 Å². The molecule has 0 fully saturated rings. The van der Waals surface area contributed by atoms with E-state index in [1.807, 2.05) is 0 Å². The number of amides is 1. The van der Waals surface area contributed by atoms with Gasteiger partial charge in [-0.2, -0.15) is 8.78 Å². The second-order valence-electron chi connectivity index (χ2n) is 4.80. The molecule has 0 aliphatic heterocycles. The minimum absolute atomic E-state index is 0.0228. The molecule has 0 saturated heterocycles. The predicted octanol–water partition coefficient (Wildman–Crippen LogP) is 3.70. The van der Waals surface area contributed by atoms with Gasteiger partial charge < -0.3 is 14.8 Å². The summed E-state index contributed by atoms with van der Waals surface area (Å²) < 4.78 is 47.1. The lowest BCUT2D eigenvalue weighted by Gasteiger charge is -2.11. The quantitative estimate of drug-likeness (QED) is 0.555. The summed E-state index contributed by atoms with van der Waals surface area (Å²) in [5.41, 5.74) is 0.0228. The fourth-order valence-corrected chi connectivity index (χ4v) is 2.58. The van der Waals surface area contributed by atoms with Gasteiger partial charge in [-0.1, -0.05) is 24.3 Å². The molecule has 5 nitrogen and oxygen atoms in total. The molecule has 0 saturated carbocycles. The molecule has 0 spiro atoms. The van der Waals surface area contributed by atoms with Crippen LogP contribution in [0.15, 0.2) is 53.4 Å². The highest BCUT2D eigenvalue weighted by atomic mass is 32.2. The van der Waals surface area contributed by atoms with Crippen molar-refractivity contribution in [2.24, 2.45) is 0 Å². The van der Waals surface area contributed by atoms with Gasteiger partial charge in [0.25, 0.3) is 5.91 Å². The molecule has 138 valence electrons. The summed E-state index contributed by atoms with van der Waals surface area (Å²) in [7, 11) is 0. The molecule has 1 amide bonds. The first-order chi connectivity index (χ1) is 12.5. The average Bonchev–Trinajstić information content (AvgIpc) is 2.60. The lowest BCUT2D eigenvalue weighted by Crippen LogP contribution is -2.22. The van der Waals surface area contributed by atoms with Crippen LogP contribution in [-0.4, -0.2) is 30.8 Å². The van der Waals surface area contributed by atoms with Gasteiger partial charge in [0, 0.05) is 4.90 Å². The summed E-state index contributed by atoms with van der Waals surface area (Å²) in [4.78, 5) is 23.7. The molecule has 2 aromatic rings. The van der Waals surface area contributed by atoms with Gasteiger partial charge in [0.05, 0.1) is 11.4 Å². The van der Waals surface area contributed by atoms with Gasteiger partial charge >= 0.3 is 12.6 Å². The van der Waals surface area contributed by atoms with E-state index in [-0.39, 0.29) is 22.1 Å². The largest absolute Gasteiger partial charge is 0.455 e. The number of alkyl halides is 2. The maximum absolute atomic E-state index is 13.4. The first kappa shape index (κ1) is 19.6. The Bertz CT molecular complexity index is 773. The zero-order valence-corrected chi connectivity index (χ0v) is 14.1. The first-order valence-corrected chi connectivity index (χ1v) is 8.31. The topological polar surface area (TPSA) is 64.6 Å². The standard InChI is InChI=1S/C17H14F3NO4S/c18-11-5-1-4-8-14(11)26-10-16(23)24-9-15(22)21-12-6-2-3-7-13(12)25-17(19)20/h1-8,17H,9-10H2,(H,21,22). The van der Waals surface area contributed by atoms with E-state index < -0.39 is 30.9 Å². The van der Waals surface area contributed by atoms with Crippen molar-refractivity contribution in [1.82, 2.24) is 0 Å². The van der Waals surface area contributed by atoms with Crippen molar-refractivity contribution in [3.8, 4) is 5.75 Å². The molecule has 2 aromatic carbocycles. The zero-order valence-electron chi connectivity index (χ0n) is 13.3. The molecular formula is C17H14F3NO4S. The summed E-state index contributed by atoms with van der Waals surface area (Å²) in [6.45, 7) is -3.65. The Labute approximate surface area is 151 Å². The number of thioether (sulfide) groups is 1. The molecule has 0 radical (unpaired) electrons. The zero-order chi connectivity index (χ0) is 18.9. The number of anilines is 1. The van der Waals surface area contributed by atoms with Gasteiger partial charge in [0.15, 0.2) is 6.61 Å². The number of rotatable bonds is 8. The summed E-state index contributed by atoms with van der Waals surface area (Å²) in [6, 6.07) is 11.5. The fourth-order valence-electron chi connectivity index (χ4n) is 1.84. The molecule has 0 aliphatic rings. The molecule has 0 aromatic heterocycles. The van der Waals surface area contributed by atoms with Crippen LogP contribution >= 0.6 is 11.8 Å². The predicted molar refractivity (Wildman–Crippen MR) is 89.8 cm³/mol. The minimum Gasteiger partial charge on any atom is -0.455 e. The number of ether oxygens (including phenoxy) is 2. The second kappa shape index (κ2) is 9.71. The Morgan fingerprint density at radius 1 is 1.08 bits per heavy atom. The van der Waals surface area contributed by atoms with E-state index in [0.29, 0.717) is 0 Å². The average molecular weight is 385 g/mol. The maximum Gasteiger partial charge on any atom is 0.387 e. The van der Waals surface area contributed by atoms with Crippen molar-refractivity contribution in [2.45, 2.75) is 11.5 Å². The highest BCUT2D eigenvalue weighted by Crippen LogP contribution is 2.25. The Hall–Kier alpha value is -2.68. The normalized spacial score (nSPS) is 10.5. The van der Waals surface area contributed by atoms with Crippen molar-refractivity contribution in [2.75, 3.05) is 17.7 Å². The third-order valence-electron chi connectivity index (χ3n) is 2.92. The van der Waals surface area contributed by atoms with Gasteiger partial charge in [-0.15, -0.1) is 11.8 Å². The van der Waals surface area contributed by atoms with E-state index in [4.69, 9.17) is 4.74 Å². The number of nitrogens with one attached hydrogen (secondary N) is 1. The van der Waals surface area contributed by atoms with Crippen molar-refractivity contribution in [3.05, 3.63) is 54.3 Å². The van der Waals surface area contributed by atoms with Crippen LogP contribution in [0, 0.1) is 5.82 Å². The molecule has 0 atom stereocenters. The molecule has 2 rings (SSSR count). The smallest absolute Gasteiger partial charge is 0.387 e. The number of halogens is 3. The van der Waals surface area contributed by atoms with Gasteiger partial charge in [0.1, 0.15) is 11.6 Å². The van der Waals surface area contributed by atoms with E-state index in [2.05, 4.69) is 10.1 Å².